The SMILES string of the molecule is CN(C(=O)O)c1ccc(C2(C(=O)N3CC[C@@]4(C3)OC(=O)c3ccccc34)CC2)c(F)c1. The molecule has 31 heavy (non-hydrogen) atoms. The van der Waals surface area contributed by atoms with Gasteiger partial charge in [0.1, 0.15) is 5.82 Å². The molecule has 3 aliphatic rings. The third kappa shape index (κ3) is 2.81. The van der Waals surface area contributed by atoms with Crippen LogP contribution in [0, 0.1) is 5.82 Å². The number of carboxylic acid groups (broad SMARTS) is 1. The van der Waals surface area contributed by atoms with Gasteiger partial charge in [0.2, 0.25) is 5.91 Å². The third-order valence-electron chi connectivity index (χ3n) is 6.75. The number of benzene rings is 2. The predicted molar refractivity (Wildman–Crippen MR) is 108 cm³/mol. The minimum Gasteiger partial charge on any atom is -0.465 e. The van der Waals surface area contributed by atoms with Crippen molar-refractivity contribution in [3.8, 4) is 0 Å². The molecule has 1 saturated heterocycles. The molecule has 2 aromatic rings. The molecule has 1 N–H and O–H groups in total. The topological polar surface area (TPSA) is 87.2 Å². The summed E-state index contributed by atoms with van der Waals surface area (Å²) >= 11 is 0. The maximum absolute atomic E-state index is 14.9. The highest BCUT2D eigenvalue weighted by atomic mass is 19.1. The van der Waals surface area contributed by atoms with Gasteiger partial charge in [-0.2, -0.15) is 0 Å². The van der Waals surface area contributed by atoms with Crippen molar-refractivity contribution >= 4 is 23.7 Å². The Balaban J connectivity index is 1.41. The largest absolute Gasteiger partial charge is 0.465 e. The van der Waals surface area contributed by atoms with E-state index in [0.717, 1.165) is 16.5 Å². The average Bonchev–Trinajstić information content (AvgIpc) is 3.38. The first-order valence-corrected chi connectivity index (χ1v) is 10.2. The molecule has 1 atom stereocenters. The van der Waals surface area contributed by atoms with Crippen molar-refractivity contribution in [2.24, 2.45) is 0 Å². The van der Waals surface area contributed by atoms with Crippen molar-refractivity contribution in [1.82, 2.24) is 4.90 Å². The van der Waals surface area contributed by atoms with E-state index >= 15 is 0 Å². The second-order valence-electron chi connectivity index (χ2n) is 8.49. The summed E-state index contributed by atoms with van der Waals surface area (Å²) < 4.78 is 20.7. The number of halogens is 1. The first-order valence-electron chi connectivity index (χ1n) is 10.2. The normalized spacial score (nSPS) is 22.9. The number of fused-ring (bicyclic) bond motifs is 2. The van der Waals surface area contributed by atoms with Crippen LogP contribution in [-0.2, 0) is 20.5 Å². The number of rotatable bonds is 3. The van der Waals surface area contributed by atoms with Gasteiger partial charge in [-0.15, -0.1) is 0 Å². The van der Waals surface area contributed by atoms with Crippen molar-refractivity contribution in [2.45, 2.75) is 30.3 Å². The molecule has 2 aromatic carbocycles. The zero-order chi connectivity index (χ0) is 22.0. The Kier molecular flexibility index (Phi) is 4.12. The summed E-state index contributed by atoms with van der Waals surface area (Å²) in [6.45, 7) is 0.668. The number of amides is 2. The van der Waals surface area contributed by atoms with Crippen LogP contribution in [0.5, 0.6) is 0 Å². The molecule has 0 aromatic heterocycles. The Labute approximate surface area is 178 Å². The van der Waals surface area contributed by atoms with Crippen molar-refractivity contribution in [3.63, 3.8) is 0 Å². The van der Waals surface area contributed by atoms with Gasteiger partial charge in [0, 0.05) is 36.8 Å². The number of carbonyl (C=O) groups is 3. The van der Waals surface area contributed by atoms with Crippen LogP contribution in [0.1, 0.15) is 40.7 Å². The Bertz CT molecular complexity index is 1130. The van der Waals surface area contributed by atoms with Gasteiger partial charge >= 0.3 is 12.1 Å². The number of likely N-dealkylation sites (tertiary alicyclic amines) is 1. The summed E-state index contributed by atoms with van der Waals surface area (Å²) in [4.78, 5) is 39.5. The van der Waals surface area contributed by atoms with Crippen LogP contribution in [0.3, 0.4) is 0 Å². The number of ether oxygens (including phenoxy) is 1. The molecule has 7 nitrogen and oxygen atoms in total. The Morgan fingerprint density at radius 2 is 1.87 bits per heavy atom. The van der Waals surface area contributed by atoms with Gasteiger partial charge in [0.15, 0.2) is 5.60 Å². The van der Waals surface area contributed by atoms with Crippen molar-refractivity contribution in [3.05, 3.63) is 65.0 Å². The van der Waals surface area contributed by atoms with Crippen LogP contribution in [0.25, 0.3) is 0 Å². The number of anilines is 1. The Morgan fingerprint density at radius 3 is 2.55 bits per heavy atom. The molecule has 8 heteroatoms. The van der Waals surface area contributed by atoms with Gasteiger partial charge in [-0.25, -0.2) is 14.0 Å². The first-order chi connectivity index (χ1) is 14.8. The number of hydrogen-bond donors (Lipinski definition) is 1. The molecule has 5 rings (SSSR count). The molecule has 1 spiro atoms. The monoisotopic (exact) mass is 424 g/mol. The third-order valence-corrected chi connectivity index (χ3v) is 6.75. The van der Waals surface area contributed by atoms with E-state index in [1.807, 2.05) is 12.1 Å². The highest BCUT2D eigenvalue weighted by Crippen LogP contribution is 2.53. The fourth-order valence-corrected chi connectivity index (χ4v) is 4.84. The molecule has 0 radical (unpaired) electrons. The molecule has 1 aliphatic carbocycles. The quantitative estimate of drug-likeness (QED) is 0.765. The standard InChI is InChI=1S/C23H21FN2O5/c1-25(21(29)30)14-6-7-17(18(24)12-14)22(8-9-22)20(28)26-11-10-23(13-26)16-5-3-2-4-15(16)19(27)31-23/h2-7,12H,8-11,13H2,1H3,(H,29,30)/t23-/m0/s1. The van der Waals surface area contributed by atoms with Crippen molar-refractivity contribution in [1.29, 1.82) is 0 Å². The Hall–Kier alpha value is -3.42. The van der Waals surface area contributed by atoms with Gasteiger partial charge in [-0.1, -0.05) is 24.3 Å². The average molecular weight is 424 g/mol. The maximum Gasteiger partial charge on any atom is 0.411 e. The molecule has 2 aliphatic heterocycles. The van der Waals surface area contributed by atoms with Crippen LogP contribution < -0.4 is 4.90 Å². The van der Waals surface area contributed by atoms with Gasteiger partial charge in [0.25, 0.3) is 0 Å². The van der Waals surface area contributed by atoms with E-state index in [4.69, 9.17) is 9.84 Å². The second kappa shape index (κ2) is 6.54. The van der Waals surface area contributed by atoms with E-state index < -0.39 is 22.9 Å². The highest BCUT2D eigenvalue weighted by Gasteiger charge is 2.58. The maximum atomic E-state index is 14.9. The van der Waals surface area contributed by atoms with E-state index in [2.05, 4.69) is 0 Å². The minimum atomic E-state index is -1.20. The van der Waals surface area contributed by atoms with Gasteiger partial charge in [-0.3, -0.25) is 9.69 Å². The summed E-state index contributed by atoms with van der Waals surface area (Å²) in [6, 6.07) is 11.4. The Morgan fingerprint density at radius 1 is 1.13 bits per heavy atom. The van der Waals surface area contributed by atoms with Gasteiger partial charge in [-0.05, 0) is 31.0 Å². The van der Waals surface area contributed by atoms with Crippen molar-refractivity contribution < 1.29 is 28.6 Å². The van der Waals surface area contributed by atoms with Gasteiger partial charge < -0.3 is 14.7 Å². The number of esters is 1. The van der Waals surface area contributed by atoms with Crippen LogP contribution in [0.15, 0.2) is 42.5 Å². The number of hydrogen-bond acceptors (Lipinski definition) is 4. The number of carbonyl (C=O) groups excluding carboxylic acids is 2. The summed E-state index contributed by atoms with van der Waals surface area (Å²) in [5.41, 5.74) is 0.0234. The van der Waals surface area contributed by atoms with Crippen LogP contribution in [0.2, 0.25) is 0 Å². The summed E-state index contributed by atoms with van der Waals surface area (Å²) in [7, 11) is 1.33. The molecular formula is C23H21FN2O5. The molecule has 0 bridgehead atoms. The van der Waals surface area contributed by atoms with Crippen LogP contribution in [0.4, 0.5) is 14.9 Å². The lowest BCUT2D eigenvalue weighted by atomic mass is 9.91. The molecule has 1 saturated carbocycles. The number of nitrogens with zero attached hydrogens (tertiary/aromatic N) is 2. The molecule has 2 heterocycles. The van der Waals surface area contributed by atoms with E-state index in [0.29, 0.717) is 31.4 Å². The zero-order valence-electron chi connectivity index (χ0n) is 16.9. The minimum absolute atomic E-state index is 0.178. The highest BCUT2D eigenvalue weighted by molar-refractivity contribution is 5.96. The lowest BCUT2D eigenvalue weighted by Crippen LogP contribution is -2.40. The van der Waals surface area contributed by atoms with Crippen molar-refractivity contribution in [2.75, 3.05) is 25.0 Å². The van der Waals surface area contributed by atoms with E-state index in [9.17, 15) is 18.8 Å². The lowest BCUT2D eigenvalue weighted by molar-refractivity contribution is -0.134. The predicted octanol–water partition coefficient (Wildman–Crippen LogP) is 3.27. The second-order valence-corrected chi connectivity index (χ2v) is 8.49. The summed E-state index contributed by atoms with van der Waals surface area (Å²) in [5.74, 6) is -1.15. The fourth-order valence-electron chi connectivity index (χ4n) is 4.84. The van der Waals surface area contributed by atoms with E-state index in [-0.39, 0.29) is 29.7 Å². The van der Waals surface area contributed by atoms with Gasteiger partial charge in [0.05, 0.1) is 17.5 Å². The first kappa shape index (κ1) is 19.5. The smallest absolute Gasteiger partial charge is 0.411 e. The molecule has 2 fully saturated rings. The van der Waals surface area contributed by atoms with E-state index in [1.165, 1.54) is 19.2 Å². The van der Waals surface area contributed by atoms with Crippen LogP contribution >= 0.6 is 0 Å². The summed E-state index contributed by atoms with van der Waals surface area (Å²) in [5, 5.41) is 9.10. The van der Waals surface area contributed by atoms with Crippen LogP contribution in [-0.4, -0.2) is 48.1 Å². The molecule has 0 unspecified atom stereocenters. The molecule has 2 amide bonds. The lowest BCUT2D eigenvalue weighted by Gasteiger charge is -2.27. The zero-order valence-corrected chi connectivity index (χ0v) is 16.9. The van der Waals surface area contributed by atoms with E-state index in [1.54, 1.807) is 17.0 Å². The summed E-state index contributed by atoms with van der Waals surface area (Å²) in [6.07, 6.45) is 0.355. The molecular weight excluding hydrogens is 403 g/mol. The fraction of sp³-hybridized carbons (Fsp3) is 0.348. The molecule has 160 valence electrons.